The fourth-order valence-electron chi connectivity index (χ4n) is 2.70. The molecule has 2 atom stereocenters. The van der Waals surface area contributed by atoms with Crippen LogP contribution in [0.3, 0.4) is 0 Å². The molecule has 1 heterocycles. The van der Waals surface area contributed by atoms with Gasteiger partial charge in [-0.3, -0.25) is 4.79 Å². The third-order valence-electron chi connectivity index (χ3n) is 3.80. The lowest BCUT2D eigenvalue weighted by atomic mass is 10.1. The fourth-order valence-corrected chi connectivity index (χ4v) is 3.50. The summed E-state index contributed by atoms with van der Waals surface area (Å²) in [7, 11) is -3.26. The molecule has 6 nitrogen and oxygen atoms in total. The van der Waals surface area contributed by atoms with Gasteiger partial charge >= 0.3 is 0 Å². The molecule has 0 bridgehead atoms. The maximum atomic E-state index is 12.5. The molecule has 0 aromatic heterocycles. The third kappa shape index (κ3) is 5.93. The van der Waals surface area contributed by atoms with Gasteiger partial charge in [-0.05, 0) is 25.3 Å². The fraction of sp³-hybridized carbons (Fsp3) is 0.562. The zero-order valence-electron chi connectivity index (χ0n) is 13.6. The van der Waals surface area contributed by atoms with Crippen LogP contribution in [0.25, 0.3) is 0 Å². The molecular formula is C16H24N2O4S. The van der Waals surface area contributed by atoms with Crippen molar-refractivity contribution in [3.05, 3.63) is 35.9 Å². The molecule has 23 heavy (non-hydrogen) atoms. The lowest BCUT2D eigenvalue weighted by molar-refractivity contribution is -0.144. The Morgan fingerprint density at radius 2 is 2.09 bits per heavy atom. The number of hydrogen-bond donors (Lipinski definition) is 1. The molecular weight excluding hydrogens is 316 g/mol. The highest BCUT2D eigenvalue weighted by atomic mass is 32.2. The lowest BCUT2D eigenvalue weighted by Crippen LogP contribution is -2.51. The van der Waals surface area contributed by atoms with E-state index in [-0.39, 0.29) is 11.9 Å². The second kappa shape index (κ2) is 7.90. The van der Waals surface area contributed by atoms with Crippen LogP contribution < -0.4 is 4.72 Å². The van der Waals surface area contributed by atoms with Gasteiger partial charge in [-0.2, -0.15) is 0 Å². The summed E-state index contributed by atoms with van der Waals surface area (Å²) in [6.07, 6.45) is 2.12. The number of nitrogens with zero attached hydrogens (tertiary/aromatic N) is 1. The SMILES string of the molecule is C[C@@H](OCc1ccccc1)C(=O)N1CCC[C@@H](NS(C)(=O)=O)C1. The summed E-state index contributed by atoms with van der Waals surface area (Å²) in [5.74, 6) is -0.0964. The van der Waals surface area contributed by atoms with E-state index in [1.54, 1.807) is 11.8 Å². The van der Waals surface area contributed by atoms with Gasteiger partial charge in [0.15, 0.2) is 0 Å². The first-order valence-electron chi connectivity index (χ1n) is 7.77. The Labute approximate surface area is 137 Å². The summed E-state index contributed by atoms with van der Waals surface area (Å²) in [5, 5.41) is 0. The van der Waals surface area contributed by atoms with E-state index in [9.17, 15) is 13.2 Å². The van der Waals surface area contributed by atoms with Crippen LogP contribution in [-0.4, -0.2) is 50.7 Å². The number of likely N-dealkylation sites (tertiary alicyclic amines) is 1. The summed E-state index contributed by atoms with van der Waals surface area (Å²) < 4.78 is 30.9. The van der Waals surface area contributed by atoms with Crippen molar-refractivity contribution in [2.24, 2.45) is 0 Å². The lowest BCUT2D eigenvalue weighted by Gasteiger charge is -2.34. The van der Waals surface area contributed by atoms with Crippen molar-refractivity contribution < 1.29 is 17.9 Å². The van der Waals surface area contributed by atoms with E-state index in [4.69, 9.17) is 4.74 Å². The Kier molecular flexibility index (Phi) is 6.15. The largest absolute Gasteiger partial charge is 0.364 e. The topological polar surface area (TPSA) is 75.7 Å². The minimum absolute atomic E-state index is 0.0964. The average molecular weight is 340 g/mol. The predicted molar refractivity (Wildman–Crippen MR) is 88.3 cm³/mol. The number of carbonyl (C=O) groups is 1. The van der Waals surface area contributed by atoms with Gasteiger partial charge in [-0.25, -0.2) is 13.1 Å². The van der Waals surface area contributed by atoms with E-state index < -0.39 is 16.1 Å². The van der Waals surface area contributed by atoms with Crippen molar-refractivity contribution in [1.29, 1.82) is 0 Å². The van der Waals surface area contributed by atoms with Crippen molar-refractivity contribution in [3.63, 3.8) is 0 Å². The quantitative estimate of drug-likeness (QED) is 0.842. The molecule has 0 saturated carbocycles. The van der Waals surface area contributed by atoms with Crippen molar-refractivity contribution in [2.45, 2.75) is 38.5 Å². The molecule has 1 aromatic rings. The van der Waals surface area contributed by atoms with Gasteiger partial charge < -0.3 is 9.64 Å². The summed E-state index contributed by atoms with van der Waals surface area (Å²) >= 11 is 0. The highest BCUT2D eigenvalue weighted by Gasteiger charge is 2.28. The Hall–Kier alpha value is -1.44. The average Bonchev–Trinajstić information content (AvgIpc) is 2.51. The zero-order valence-corrected chi connectivity index (χ0v) is 14.4. The number of piperidine rings is 1. The van der Waals surface area contributed by atoms with Crippen LogP contribution in [0.5, 0.6) is 0 Å². The molecule has 1 N–H and O–H groups in total. The molecule has 7 heteroatoms. The number of benzene rings is 1. The number of rotatable bonds is 6. The summed E-state index contributed by atoms with van der Waals surface area (Å²) in [5.41, 5.74) is 1.02. The van der Waals surface area contributed by atoms with Crippen molar-refractivity contribution in [1.82, 2.24) is 9.62 Å². The Morgan fingerprint density at radius 1 is 1.39 bits per heavy atom. The normalized spacial score (nSPS) is 20.3. The molecule has 1 aromatic carbocycles. The van der Waals surface area contributed by atoms with Gasteiger partial charge in [0, 0.05) is 19.1 Å². The van der Waals surface area contributed by atoms with Gasteiger partial charge in [0.05, 0.1) is 12.9 Å². The molecule has 0 spiro atoms. The van der Waals surface area contributed by atoms with E-state index in [0.29, 0.717) is 19.7 Å². The van der Waals surface area contributed by atoms with Crippen molar-refractivity contribution in [3.8, 4) is 0 Å². The number of amides is 1. The van der Waals surface area contributed by atoms with Gasteiger partial charge in [0.1, 0.15) is 6.10 Å². The van der Waals surface area contributed by atoms with E-state index in [2.05, 4.69) is 4.72 Å². The van der Waals surface area contributed by atoms with Crippen LogP contribution in [-0.2, 0) is 26.2 Å². The van der Waals surface area contributed by atoms with Crippen molar-refractivity contribution >= 4 is 15.9 Å². The number of carbonyl (C=O) groups excluding carboxylic acids is 1. The van der Waals surface area contributed by atoms with Gasteiger partial charge in [-0.15, -0.1) is 0 Å². The standard InChI is InChI=1S/C16H24N2O4S/c1-13(22-12-14-7-4-3-5-8-14)16(19)18-10-6-9-15(11-18)17-23(2,20)21/h3-5,7-8,13,15,17H,6,9-12H2,1-2H3/t13-,15-/m1/s1. The van der Waals surface area contributed by atoms with E-state index >= 15 is 0 Å². The molecule has 1 aliphatic heterocycles. The maximum Gasteiger partial charge on any atom is 0.251 e. The minimum Gasteiger partial charge on any atom is -0.364 e. The Bertz CT molecular complexity index is 618. The van der Waals surface area contributed by atoms with Crippen LogP contribution in [0.1, 0.15) is 25.3 Å². The van der Waals surface area contributed by atoms with E-state index in [0.717, 1.165) is 24.7 Å². The molecule has 1 saturated heterocycles. The third-order valence-corrected chi connectivity index (χ3v) is 4.57. The Balaban J connectivity index is 1.86. The Morgan fingerprint density at radius 3 is 2.74 bits per heavy atom. The van der Waals surface area contributed by atoms with Gasteiger partial charge in [0.25, 0.3) is 5.91 Å². The van der Waals surface area contributed by atoms with Crippen LogP contribution >= 0.6 is 0 Å². The molecule has 0 radical (unpaired) electrons. The van der Waals surface area contributed by atoms with Crippen LogP contribution in [0, 0.1) is 0 Å². The summed E-state index contributed by atoms with van der Waals surface area (Å²) in [6.45, 7) is 3.15. The first-order chi connectivity index (χ1) is 10.8. The van der Waals surface area contributed by atoms with E-state index in [1.165, 1.54) is 0 Å². The first-order valence-corrected chi connectivity index (χ1v) is 9.66. The second-order valence-electron chi connectivity index (χ2n) is 5.95. The molecule has 128 valence electrons. The number of nitrogens with one attached hydrogen (secondary N) is 1. The van der Waals surface area contributed by atoms with Gasteiger partial charge in [0.2, 0.25) is 10.0 Å². The molecule has 1 amide bonds. The number of ether oxygens (including phenoxy) is 1. The molecule has 0 aliphatic carbocycles. The molecule has 1 aliphatic rings. The summed E-state index contributed by atoms with van der Waals surface area (Å²) in [6, 6.07) is 9.47. The highest BCUT2D eigenvalue weighted by molar-refractivity contribution is 7.88. The summed E-state index contributed by atoms with van der Waals surface area (Å²) in [4.78, 5) is 14.1. The smallest absolute Gasteiger partial charge is 0.251 e. The van der Waals surface area contributed by atoms with Gasteiger partial charge in [-0.1, -0.05) is 30.3 Å². The second-order valence-corrected chi connectivity index (χ2v) is 7.73. The molecule has 2 rings (SSSR count). The first kappa shape index (κ1) is 17.9. The van der Waals surface area contributed by atoms with Crippen LogP contribution in [0.2, 0.25) is 0 Å². The van der Waals surface area contributed by atoms with Crippen molar-refractivity contribution in [2.75, 3.05) is 19.3 Å². The number of sulfonamides is 1. The maximum absolute atomic E-state index is 12.5. The zero-order chi connectivity index (χ0) is 16.9. The van der Waals surface area contributed by atoms with E-state index in [1.807, 2.05) is 30.3 Å². The van der Waals surface area contributed by atoms with Crippen LogP contribution in [0.4, 0.5) is 0 Å². The molecule has 0 unspecified atom stereocenters. The monoisotopic (exact) mass is 340 g/mol. The molecule has 1 fully saturated rings. The number of hydrogen-bond acceptors (Lipinski definition) is 4. The predicted octanol–water partition coefficient (Wildman–Crippen LogP) is 1.13. The minimum atomic E-state index is -3.26. The van der Waals surface area contributed by atoms with Crippen LogP contribution in [0.15, 0.2) is 30.3 Å². The highest BCUT2D eigenvalue weighted by Crippen LogP contribution is 2.14.